The first-order valence-corrected chi connectivity index (χ1v) is 8.85. The summed E-state index contributed by atoms with van der Waals surface area (Å²) in [5, 5.41) is 3.85. The van der Waals surface area contributed by atoms with E-state index in [9.17, 15) is 0 Å². The maximum atomic E-state index is 3.85. The monoisotopic (exact) mass is 299 g/mol. The fourth-order valence-corrected chi connectivity index (χ4v) is 4.65. The summed E-state index contributed by atoms with van der Waals surface area (Å²) >= 11 is 1.97. The molecule has 1 nitrogen and oxygen atoms in total. The third-order valence-corrected chi connectivity index (χ3v) is 5.85. The highest BCUT2D eigenvalue weighted by atomic mass is 32.1. The van der Waals surface area contributed by atoms with E-state index in [4.69, 9.17) is 0 Å². The van der Waals surface area contributed by atoms with Crippen LogP contribution in [0.3, 0.4) is 0 Å². The lowest BCUT2D eigenvalue weighted by atomic mass is 9.86. The second-order valence-electron chi connectivity index (χ2n) is 6.31. The largest absolute Gasteiger partial charge is 0.309 e. The van der Waals surface area contributed by atoms with Gasteiger partial charge >= 0.3 is 0 Å². The summed E-state index contributed by atoms with van der Waals surface area (Å²) in [4.78, 5) is 2.97. The molecule has 21 heavy (non-hydrogen) atoms. The van der Waals surface area contributed by atoms with Crippen LogP contribution in [0.15, 0.2) is 36.4 Å². The Morgan fingerprint density at radius 2 is 1.90 bits per heavy atom. The predicted molar refractivity (Wildman–Crippen MR) is 92.2 cm³/mol. The van der Waals surface area contributed by atoms with Crippen molar-refractivity contribution in [3.05, 3.63) is 57.3 Å². The number of hydrogen-bond acceptors (Lipinski definition) is 2. The van der Waals surface area contributed by atoms with Crippen LogP contribution in [0.25, 0.3) is 0 Å². The lowest BCUT2D eigenvalue weighted by Gasteiger charge is -2.29. The molecule has 0 bridgehead atoms. The second-order valence-corrected chi connectivity index (χ2v) is 7.60. The van der Waals surface area contributed by atoms with Gasteiger partial charge in [0, 0.05) is 15.2 Å². The van der Waals surface area contributed by atoms with E-state index in [0.717, 1.165) is 6.54 Å². The highest BCUT2D eigenvalue weighted by Crippen LogP contribution is 2.57. The van der Waals surface area contributed by atoms with E-state index in [2.05, 4.69) is 62.5 Å². The van der Waals surface area contributed by atoms with E-state index in [1.807, 2.05) is 11.3 Å². The standard InChI is InChI=1S/C19H25NS/c1-4-12-20-18(17-14(2)13-15(3)21-17)19(10-11-19)16-8-6-5-7-9-16/h5-9,13,18,20H,4,10-12H2,1-3H3. The van der Waals surface area contributed by atoms with Crippen LogP contribution in [0.5, 0.6) is 0 Å². The first kappa shape index (κ1) is 14.8. The maximum Gasteiger partial charge on any atom is 0.0515 e. The Balaban J connectivity index is 1.98. The average molecular weight is 299 g/mol. The summed E-state index contributed by atoms with van der Waals surface area (Å²) in [6.45, 7) is 7.83. The van der Waals surface area contributed by atoms with Crippen molar-refractivity contribution in [1.29, 1.82) is 0 Å². The molecule has 0 spiro atoms. The van der Waals surface area contributed by atoms with E-state index in [-0.39, 0.29) is 0 Å². The molecule has 2 heteroatoms. The Kier molecular flexibility index (Phi) is 4.19. The Hall–Kier alpha value is -1.12. The van der Waals surface area contributed by atoms with Crippen LogP contribution in [0, 0.1) is 13.8 Å². The van der Waals surface area contributed by atoms with Gasteiger partial charge in [-0.1, -0.05) is 37.3 Å². The van der Waals surface area contributed by atoms with Gasteiger partial charge in [-0.05, 0) is 56.8 Å². The van der Waals surface area contributed by atoms with Crippen molar-refractivity contribution in [3.8, 4) is 0 Å². The first-order chi connectivity index (χ1) is 10.2. The van der Waals surface area contributed by atoms with E-state index in [1.54, 1.807) is 4.88 Å². The van der Waals surface area contributed by atoms with Crippen molar-refractivity contribution >= 4 is 11.3 Å². The molecule has 1 fully saturated rings. The average Bonchev–Trinajstić information content (AvgIpc) is 3.22. The molecule has 1 aliphatic carbocycles. The van der Waals surface area contributed by atoms with Crippen LogP contribution in [0.1, 0.15) is 53.1 Å². The summed E-state index contributed by atoms with van der Waals surface area (Å²) < 4.78 is 0. The van der Waals surface area contributed by atoms with Gasteiger partial charge in [0.05, 0.1) is 6.04 Å². The minimum atomic E-state index is 0.318. The molecule has 0 saturated heterocycles. The minimum absolute atomic E-state index is 0.318. The van der Waals surface area contributed by atoms with Crippen molar-refractivity contribution in [2.75, 3.05) is 6.54 Å². The Morgan fingerprint density at radius 1 is 1.19 bits per heavy atom. The summed E-state index contributed by atoms with van der Waals surface area (Å²) in [6, 6.07) is 13.9. The zero-order valence-corrected chi connectivity index (χ0v) is 14.1. The lowest BCUT2D eigenvalue weighted by Crippen LogP contribution is -2.32. The smallest absolute Gasteiger partial charge is 0.0515 e. The number of nitrogens with one attached hydrogen (secondary N) is 1. The fourth-order valence-electron chi connectivity index (χ4n) is 3.42. The van der Waals surface area contributed by atoms with Crippen molar-refractivity contribution in [3.63, 3.8) is 0 Å². The van der Waals surface area contributed by atoms with Crippen LogP contribution in [-0.2, 0) is 5.41 Å². The number of thiophene rings is 1. The summed E-state index contributed by atoms with van der Waals surface area (Å²) in [7, 11) is 0. The van der Waals surface area contributed by atoms with E-state index in [1.165, 1.54) is 35.3 Å². The van der Waals surface area contributed by atoms with E-state index in [0.29, 0.717) is 11.5 Å². The van der Waals surface area contributed by atoms with Gasteiger partial charge in [-0.2, -0.15) is 0 Å². The topological polar surface area (TPSA) is 12.0 Å². The Labute approximate surface area is 132 Å². The molecule has 0 radical (unpaired) electrons. The van der Waals surface area contributed by atoms with Crippen molar-refractivity contribution in [1.82, 2.24) is 5.32 Å². The summed E-state index contributed by atoms with van der Waals surface area (Å²) in [6.07, 6.45) is 3.79. The molecule has 0 amide bonds. The number of hydrogen-bond donors (Lipinski definition) is 1. The number of aryl methyl sites for hydroxylation is 2. The molecule has 1 aromatic heterocycles. The minimum Gasteiger partial charge on any atom is -0.309 e. The zero-order valence-electron chi connectivity index (χ0n) is 13.3. The van der Waals surface area contributed by atoms with Gasteiger partial charge in [0.2, 0.25) is 0 Å². The van der Waals surface area contributed by atoms with Gasteiger partial charge in [0.1, 0.15) is 0 Å². The molecule has 3 rings (SSSR count). The highest BCUT2D eigenvalue weighted by molar-refractivity contribution is 7.12. The number of rotatable bonds is 6. The van der Waals surface area contributed by atoms with Gasteiger partial charge in [0.15, 0.2) is 0 Å². The normalized spacial score (nSPS) is 17.7. The molecule has 0 aliphatic heterocycles. The van der Waals surface area contributed by atoms with Crippen LogP contribution in [0.2, 0.25) is 0 Å². The summed E-state index contributed by atoms with van der Waals surface area (Å²) in [5.41, 5.74) is 3.27. The lowest BCUT2D eigenvalue weighted by molar-refractivity contribution is 0.434. The maximum absolute atomic E-state index is 3.85. The zero-order chi connectivity index (χ0) is 14.9. The van der Waals surface area contributed by atoms with Crippen molar-refractivity contribution in [2.24, 2.45) is 0 Å². The predicted octanol–water partition coefficient (Wildman–Crippen LogP) is 5.14. The van der Waals surface area contributed by atoms with Gasteiger partial charge in [0.25, 0.3) is 0 Å². The van der Waals surface area contributed by atoms with Gasteiger partial charge in [-0.3, -0.25) is 0 Å². The molecule has 1 atom stereocenters. The highest BCUT2D eigenvalue weighted by Gasteiger charge is 2.51. The van der Waals surface area contributed by atoms with E-state index < -0.39 is 0 Å². The molecule has 1 heterocycles. The fraction of sp³-hybridized carbons (Fsp3) is 0.474. The first-order valence-electron chi connectivity index (χ1n) is 8.03. The third-order valence-electron chi connectivity index (χ3n) is 4.63. The molecule has 1 aromatic carbocycles. The molecular formula is C19H25NS. The second kappa shape index (κ2) is 5.94. The molecule has 1 aliphatic rings. The van der Waals surface area contributed by atoms with Gasteiger partial charge < -0.3 is 5.32 Å². The molecule has 1 unspecified atom stereocenters. The molecule has 112 valence electrons. The quantitative estimate of drug-likeness (QED) is 0.779. The molecule has 1 saturated carbocycles. The van der Waals surface area contributed by atoms with Crippen LogP contribution < -0.4 is 5.32 Å². The number of benzene rings is 1. The molecule has 1 N–H and O–H groups in total. The third kappa shape index (κ3) is 2.79. The van der Waals surface area contributed by atoms with Gasteiger partial charge in [-0.15, -0.1) is 11.3 Å². The van der Waals surface area contributed by atoms with Crippen LogP contribution >= 0.6 is 11.3 Å². The SMILES string of the molecule is CCCNC(c1sc(C)cc1C)C1(c2ccccc2)CC1. The molecule has 2 aromatic rings. The van der Waals surface area contributed by atoms with Crippen molar-refractivity contribution in [2.45, 2.75) is 51.5 Å². The van der Waals surface area contributed by atoms with Gasteiger partial charge in [-0.25, -0.2) is 0 Å². The van der Waals surface area contributed by atoms with E-state index >= 15 is 0 Å². The van der Waals surface area contributed by atoms with Crippen LogP contribution in [0.4, 0.5) is 0 Å². The summed E-state index contributed by atoms with van der Waals surface area (Å²) in [5.74, 6) is 0. The van der Waals surface area contributed by atoms with Crippen LogP contribution in [-0.4, -0.2) is 6.54 Å². The Bertz CT molecular complexity index is 595. The van der Waals surface area contributed by atoms with Crippen molar-refractivity contribution < 1.29 is 0 Å². The molecular weight excluding hydrogens is 274 g/mol. The Morgan fingerprint density at radius 3 is 2.43 bits per heavy atom.